The molecule has 2 aliphatic heterocycles. The molecule has 1 unspecified atom stereocenters. The summed E-state index contributed by atoms with van der Waals surface area (Å²) in [4.78, 5) is 39.8. The Labute approximate surface area is 320 Å². The highest BCUT2D eigenvalue weighted by Crippen LogP contribution is 2.68. The molecular formula is C46H56N4O4. The molecular weight excluding hydrogens is 673 g/mol. The fourth-order valence-electron chi connectivity index (χ4n) is 13.0. The van der Waals surface area contributed by atoms with Crippen LogP contribution in [-0.2, 0) is 4.79 Å². The van der Waals surface area contributed by atoms with Crippen molar-refractivity contribution in [1.29, 1.82) is 0 Å². The minimum atomic E-state index is -0.999. The predicted octanol–water partition coefficient (Wildman–Crippen LogP) is 6.47. The second kappa shape index (κ2) is 13.5. The van der Waals surface area contributed by atoms with E-state index in [1.165, 1.54) is 6.42 Å². The van der Waals surface area contributed by atoms with Crippen LogP contribution < -0.4 is 0 Å². The van der Waals surface area contributed by atoms with E-state index in [0.717, 1.165) is 61.4 Å². The van der Waals surface area contributed by atoms with Crippen molar-refractivity contribution < 1.29 is 19.8 Å². The Bertz CT molecular complexity index is 1960. The number of aliphatic hydroxyl groups is 2. The number of para-hydroxylation sites is 1. The molecule has 4 saturated carbocycles. The van der Waals surface area contributed by atoms with Crippen molar-refractivity contribution in [2.24, 2.45) is 34.5 Å². The maximum atomic E-state index is 14.5. The lowest BCUT2D eigenvalue weighted by atomic mass is 9.44. The zero-order chi connectivity index (χ0) is 37.4. The van der Waals surface area contributed by atoms with Crippen molar-refractivity contribution >= 4 is 22.7 Å². The largest absolute Gasteiger partial charge is 0.391 e. The molecule has 11 atom stereocenters. The highest BCUT2D eigenvalue weighted by atomic mass is 16.3. The lowest BCUT2D eigenvalue weighted by molar-refractivity contribution is -0.163. The number of carbonyl (C=O) groups excluding carboxylic acids is 2. The van der Waals surface area contributed by atoms with E-state index in [2.05, 4.69) is 36.8 Å². The van der Waals surface area contributed by atoms with Crippen molar-refractivity contribution in [3.05, 3.63) is 78.0 Å². The molecule has 0 spiro atoms. The number of pyridine rings is 1. The van der Waals surface area contributed by atoms with Crippen molar-refractivity contribution in [1.82, 2.24) is 19.7 Å². The number of rotatable bonds is 4. The number of carbonyl (C=O) groups is 2. The molecule has 2 aromatic carbocycles. The highest BCUT2D eigenvalue weighted by molar-refractivity contribution is 5.98. The first kappa shape index (κ1) is 35.9. The summed E-state index contributed by atoms with van der Waals surface area (Å²) in [7, 11) is 0. The van der Waals surface area contributed by atoms with Crippen LogP contribution in [0.15, 0.2) is 66.7 Å². The Morgan fingerprint density at radius 2 is 1.59 bits per heavy atom. The first-order valence-corrected chi connectivity index (χ1v) is 20.7. The fourth-order valence-corrected chi connectivity index (χ4v) is 13.0. The number of aromatic nitrogens is 1. The molecule has 1 aromatic heterocycles. The molecule has 6 fully saturated rings. The summed E-state index contributed by atoms with van der Waals surface area (Å²) in [5.41, 5.74) is 1.09. The number of nitrogens with zero attached hydrogens (tertiary/aromatic N) is 4. The number of hydrogen-bond acceptors (Lipinski definition) is 6. The standard InChI is InChI=1S/C46H56N4O4/c1-4-46(54)23-21-35-33-16-15-32-28-41(51)40(29-44(32,2)34(33)20-22-45(35,46)3)48-24-26-49(27-25-48)43(53)39-19-18-38(31-11-6-5-7-12-31)50(39)42(52)37-17-14-30-10-8-9-13-36(30)47-37/h1,5-14,17,32-35,38-41,51,54H,15-16,18-29H2,2-3H3/t32?,33-,34+,35+,38-,39+,40+,41+,44+,45+,46+/m1/s1. The summed E-state index contributed by atoms with van der Waals surface area (Å²) in [6.45, 7) is 7.37. The summed E-state index contributed by atoms with van der Waals surface area (Å²) in [5, 5.41) is 24.2. The number of benzene rings is 2. The van der Waals surface area contributed by atoms with Crippen molar-refractivity contribution in [3.8, 4) is 12.3 Å². The van der Waals surface area contributed by atoms with Crippen LogP contribution in [0.4, 0.5) is 0 Å². The second-order valence-electron chi connectivity index (χ2n) is 18.2. The maximum absolute atomic E-state index is 14.5. The van der Waals surface area contributed by atoms with E-state index in [1.54, 1.807) is 6.07 Å². The minimum Gasteiger partial charge on any atom is -0.391 e. The molecule has 0 bridgehead atoms. The summed E-state index contributed by atoms with van der Waals surface area (Å²) < 4.78 is 0. The fraction of sp³-hybridized carbons (Fsp3) is 0.587. The normalized spacial score (nSPS) is 39.4. The van der Waals surface area contributed by atoms with E-state index in [9.17, 15) is 19.8 Å². The van der Waals surface area contributed by atoms with Crippen LogP contribution in [0.2, 0.25) is 0 Å². The first-order valence-electron chi connectivity index (χ1n) is 20.7. The van der Waals surface area contributed by atoms with Gasteiger partial charge in [-0.05, 0) is 111 Å². The zero-order valence-electron chi connectivity index (χ0n) is 31.9. The number of aliphatic hydroxyl groups excluding tert-OH is 1. The number of terminal acetylenes is 1. The van der Waals surface area contributed by atoms with E-state index in [-0.39, 0.29) is 40.8 Å². The van der Waals surface area contributed by atoms with Gasteiger partial charge in [-0.15, -0.1) is 6.42 Å². The minimum absolute atomic E-state index is 0.0160. The van der Waals surface area contributed by atoms with Gasteiger partial charge in [0.2, 0.25) is 5.91 Å². The van der Waals surface area contributed by atoms with Crippen molar-refractivity contribution in [2.75, 3.05) is 26.2 Å². The average Bonchev–Trinajstić information content (AvgIpc) is 3.76. The van der Waals surface area contributed by atoms with Crippen LogP contribution in [-0.4, -0.2) is 91.7 Å². The molecule has 6 aliphatic rings. The number of likely N-dealkylation sites (tertiary alicyclic amines) is 1. The van der Waals surface area contributed by atoms with Gasteiger partial charge in [0.05, 0.1) is 17.7 Å². The summed E-state index contributed by atoms with van der Waals surface area (Å²) in [6, 6.07) is 20.9. The Hall–Kier alpha value is -3.77. The van der Waals surface area contributed by atoms with E-state index in [0.29, 0.717) is 68.4 Å². The lowest BCUT2D eigenvalue weighted by Gasteiger charge is -2.63. The quantitative estimate of drug-likeness (QED) is 0.299. The topological polar surface area (TPSA) is 97.2 Å². The Morgan fingerprint density at radius 3 is 2.37 bits per heavy atom. The third kappa shape index (κ3) is 5.55. The van der Waals surface area contributed by atoms with Crippen LogP contribution in [0, 0.1) is 46.8 Å². The first-order chi connectivity index (χ1) is 26.0. The number of fused-ring (bicyclic) bond motifs is 6. The van der Waals surface area contributed by atoms with Crippen LogP contribution in [0.25, 0.3) is 10.9 Å². The third-order valence-electron chi connectivity index (χ3n) is 16.1. The molecule has 54 heavy (non-hydrogen) atoms. The van der Waals surface area contributed by atoms with Crippen LogP contribution in [0.5, 0.6) is 0 Å². The van der Waals surface area contributed by atoms with E-state index >= 15 is 0 Å². The van der Waals surface area contributed by atoms with E-state index in [1.807, 2.05) is 58.3 Å². The van der Waals surface area contributed by atoms with Crippen LogP contribution in [0.3, 0.4) is 0 Å². The Morgan fingerprint density at radius 1 is 0.852 bits per heavy atom. The summed E-state index contributed by atoms with van der Waals surface area (Å²) in [5.74, 6) is 4.74. The van der Waals surface area contributed by atoms with Gasteiger partial charge in [-0.3, -0.25) is 14.5 Å². The van der Waals surface area contributed by atoms with Gasteiger partial charge in [-0.1, -0.05) is 74.4 Å². The molecule has 4 aliphatic carbocycles. The molecule has 0 radical (unpaired) electrons. The smallest absolute Gasteiger partial charge is 0.273 e. The summed E-state index contributed by atoms with van der Waals surface area (Å²) >= 11 is 0. The van der Waals surface area contributed by atoms with Gasteiger partial charge in [0.15, 0.2) is 0 Å². The van der Waals surface area contributed by atoms with Gasteiger partial charge in [0.1, 0.15) is 17.3 Å². The van der Waals surface area contributed by atoms with Gasteiger partial charge in [0.25, 0.3) is 5.91 Å². The number of amides is 2. The van der Waals surface area contributed by atoms with Crippen LogP contribution >= 0.6 is 0 Å². The second-order valence-corrected chi connectivity index (χ2v) is 18.2. The lowest BCUT2D eigenvalue weighted by Crippen LogP contribution is -2.63. The van der Waals surface area contributed by atoms with E-state index in [4.69, 9.17) is 11.4 Å². The molecule has 3 aromatic rings. The number of piperazine rings is 1. The zero-order valence-corrected chi connectivity index (χ0v) is 31.9. The molecule has 8 heteroatoms. The molecule has 9 rings (SSSR count). The van der Waals surface area contributed by atoms with Gasteiger partial charge < -0.3 is 20.0 Å². The maximum Gasteiger partial charge on any atom is 0.273 e. The molecule has 2 N–H and O–H groups in total. The molecule has 2 amide bonds. The molecule has 8 nitrogen and oxygen atoms in total. The van der Waals surface area contributed by atoms with Gasteiger partial charge in [0, 0.05) is 43.0 Å². The monoisotopic (exact) mass is 728 g/mol. The Balaban J connectivity index is 0.903. The average molecular weight is 729 g/mol. The number of hydrogen-bond donors (Lipinski definition) is 2. The highest BCUT2D eigenvalue weighted by Gasteiger charge is 2.65. The Kier molecular flexibility index (Phi) is 8.95. The van der Waals surface area contributed by atoms with Crippen molar-refractivity contribution in [3.63, 3.8) is 0 Å². The SMILES string of the molecule is C#C[C@]1(O)CC[C@H]2[C@@H]3CCC4C[C@H](O)[C@@H](N5CCN(C(=O)[C@@H]6CC[C@H](c7ccccc7)N6C(=O)c6ccc7ccccc7n6)CC5)C[C@]4(C)[C@H]3CC[C@@]21C. The summed E-state index contributed by atoms with van der Waals surface area (Å²) in [6.07, 6.45) is 14.8. The van der Waals surface area contributed by atoms with Gasteiger partial charge in [-0.2, -0.15) is 0 Å². The van der Waals surface area contributed by atoms with Gasteiger partial charge in [-0.25, -0.2) is 4.98 Å². The van der Waals surface area contributed by atoms with Crippen LogP contribution in [0.1, 0.15) is 100 Å². The predicted molar refractivity (Wildman–Crippen MR) is 209 cm³/mol. The third-order valence-corrected chi connectivity index (χ3v) is 16.1. The van der Waals surface area contributed by atoms with E-state index < -0.39 is 11.6 Å². The van der Waals surface area contributed by atoms with Crippen molar-refractivity contribution in [2.45, 2.75) is 108 Å². The van der Waals surface area contributed by atoms with Gasteiger partial charge >= 0.3 is 0 Å². The molecule has 3 heterocycles. The molecule has 284 valence electrons. The molecule has 2 saturated heterocycles.